The summed E-state index contributed by atoms with van der Waals surface area (Å²) in [5.74, 6) is 0. The molecular formula is C8H15N3S. The average molecular weight is 185 g/mol. The zero-order valence-corrected chi connectivity index (χ0v) is 8.77. The van der Waals surface area contributed by atoms with E-state index in [0.29, 0.717) is 11.2 Å². The van der Waals surface area contributed by atoms with E-state index in [0.717, 1.165) is 5.69 Å². The number of hydrogen-bond acceptors (Lipinski definition) is 4. The van der Waals surface area contributed by atoms with Gasteiger partial charge in [0.25, 0.3) is 0 Å². The van der Waals surface area contributed by atoms with Crippen LogP contribution in [0.4, 0.5) is 5.13 Å². The fourth-order valence-corrected chi connectivity index (χ4v) is 2.03. The SMILES string of the molecule is Cc1nc(N)sc1C(C)N(C)C. The molecule has 1 atom stereocenters. The van der Waals surface area contributed by atoms with E-state index in [1.165, 1.54) is 4.88 Å². The lowest BCUT2D eigenvalue weighted by Crippen LogP contribution is -2.16. The van der Waals surface area contributed by atoms with Gasteiger partial charge in [0, 0.05) is 10.9 Å². The first-order valence-corrected chi connectivity index (χ1v) is 4.73. The second-order valence-electron chi connectivity index (χ2n) is 3.14. The van der Waals surface area contributed by atoms with E-state index in [4.69, 9.17) is 5.73 Å². The highest BCUT2D eigenvalue weighted by Gasteiger charge is 2.14. The molecule has 1 rings (SSSR count). The van der Waals surface area contributed by atoms with Crippen LogP contribution in [0.1, 0.15) is 23.5 Å². The van der Waals surface area contributed by atoms with Gasteiger partial charge in [-0.1, -0.05) is 0 Å². The van der Waals surface area contributed by atoms with E-state index in [9.17, 15) is 0 Å². The first-order chi connectivity index (χ1) is 5.52. The molecule has 12 heavy (non-hydrogen) atoms. The third-order valence-corrected chi connectivity index (χ3v) is 3.16. The summed E-state index contributed by atoms with van der Waals surface area (Å²) in [5.41, 5.74) is 6.66. The van der Waals surface area contributed by atoms with Crippen LogP contribution in [0.25, 0.3) is 0 Å². The Balaban J connectivity index is 2.94. The number of aromatic nitrogens is 1. The number of hydrogen-bond donors (Lipinski definition) is 1. The van der Waals surface area contributed by atoms with Crippen molar-refractivity contribution in [3.8, 4) is 0 Å². The topological polar surface area (TPSA) is 42.1 Å². The lowest BCUT2D eigenvalue weighted by molar-refractivity contribution is 0.324. The summed E-state index contributed by atoms with van der Waals surface area (Å²) in [5, 5.41) is 0.663. The van der Waals surface area contributed by atoms with Gasteiger partial charge in [-0.15, -0.1) is 11.3 Å². The van der Waals surface area contributed by atoms with Crippen molar-refractivity contribution >= 4 is 16.5 Å². The third-order valence-electron chi connectivity index (χ3n) is 2.00. The van der Waals surface area contributed by atoms with Crippen molar-refractivity contribution < 1.29 is 0 Å². The van der Waals surface area contributed by atoms with Gasteiger partial charge in [0.05, 0.1) is 5.69 Å². The summed E-state index contributed by atoms with van der Waals surface area (Å²) in [6, 6.07) is 0.403. The van der Waals surface area contributed by atoms with Crippen LogP contribution in [0.3, 0.4) is 0 Å². The number of aryl methyl sites for hydroxylation is 1. The molecule has 3 nitrogen and oxygen atoms in total. The largest absolute Gasteiger partial charge is 0.375 e. The Morgan fingerprint density at radius 2 is 2.08 bits per heavy atom. The van der Waals surface area contributed by atoms with E-state index in [-0.39, 0.29) is 0 Å². The molecule has 2 N–H and O–H groups in total. The highest BCUT2D eigenvalue weighted by atomic mass is 32.1. The predicted molar refractivity (Wildman–Crippen MR) is 53.4 cm³/mol. The van der Waals surface area contributed by atoms with Gasteiger partial charge < -0.3 is 10.6 Å². The van der Waals surface area contributed by atoms with Crippen LogP contribution in [0, 0.1) is 6.92 Å². The summed E-state index contributed by atoms with van der Waals surface area (Å²) in [7, 11) is 4.11. The number of nitrogen functional groups attached to an aromatic ring is 1. The molecule has 0 saturated carbocycles. The molecule has 1 aromatic rings. The van der Waals surface area contributed by atoms with Crippen LogP contribution in [-0.2, 0) is 0 Å². The highest BCUT2D eigenvalue weighted by Crippen LogP contribution is 2.28. The maximum absolute atomic E-state index is 5.61. The molecule has 1 aromatic heterocycles. The molecule has 1 heterocycles. The summed E-state index contributed by atoms with van der Waals surface area (Å²) in [6.07, 6.45) is 0. The maximum atomic E-state index is 5.61. The zero-order valence-electron chi connectivity index (χ0n) is 7.96. The van der Waals surface area contributed by atoms with Crippen molar-refractivity contribution in [2.75, 3.05) is 19.8 Å². The first kappa shape index (κ1) is 9.48. The smallest absolute Gasteiger partial charge is 0.180 e. The molecule has 68 valence electrons. The van der Waals surface area contributed by atoms with Gasteiger partial charge in [-0.3, -0.25) is 0 Å². The number of rotatable bonds is 2. The fourth-order valence-electron chi connectivity index (χ4n) is 1.05. The standard InChI is InChI=1S/C8H15N3S/c1-5-7(6(2)11(3)4)12-8(9)10-5/h6H,1-4H3,(H2,9,10). The van der Waals surface area contributed by atoms with Crippen LogP contribution < -0.4 is 5.73 Å². The molecular weight excluding hydrogens is 170 g/mol. The molecule has 0 aliphatic heterocycles. The van der Waals surface area contributed by atoms with Crippen LogP contribution in [-0.4, -0.2) is 24.0 Å². The Labute approximate surface area is 77.2 Å². The van der Waals surface area contributed by atoms with E-state index >= 15 is 0 Å². The van der Waals surface area contributed by atoms with Crippen molar-refractivity contribution in [2.24, 2.45) is 0 Å². The normalized spacial score (nSPS) is 13.8. The van der Waals surface area contributed by atoms with Crippen molar-refractivity contribution in [1.82, 2.24) is 9.88 Å². The van der Waals surface area contributed by atoms with Crippen LogP contribution >= 0.6 is 11.3 Å². The Morgan fingerprint density at radius 3 is 2.42 bits per heavy atom. The minimum atomic E-state index is 0.403. The van der Waals surface area contributed by atoms with Gasteiger partial charge in [-0.2, -0.15) is 0 Å². The minimum Gasteiger partial charge on any atom is -0.375 e. The van der Waals surface area contributed by atoms with Gasteiger partial charge in [0.2, 0.25) is 0 Å². The van der Waals surface area contributed by atoms with Gasteiger partial charge in [0.1, 0.15) is 0 Å². The molecule has 1 unspecified atom stereocenters. The van der Waals surface area contributed by atoms with Crippen molar-refractivity contribution in [3.05, 3.63) is 10.6 Å². The number of nitrogens with zero attached hydrogens (tertiary/aromatic N) is 2. The molecule has 0 bridgehead atoms. The lowest BCUT2D eigenvalue weighted by atomic mass is 10.2. The van der Waals surface area contributed by atoms with Crippen LogP contribution in [0.15, 0.2) is 0 Å². The zero-order chi connectivity index (χ0) is 9.30. The molecule has 4 heteroatoms. The minimum absolute atomic E-state index is 0.403. The highest BCUT2D eigenvalue weighted by molar-refractivity contribution is 7.15. The van der Waals surface area contributed by atoms with Gasteiger partial charge in [-0.05, 0) is 27.9 Å². The molecule has 0 amide bonds. The van der Waals surface area contributed by atoms with Crippen LogP contribution in [0.5, 0.6) is 0 Å². The second kappa shape index (κ2) is 3.41. The van der Waals surface area contributed by atoms with Gasteiger partial charge >= 0.3 is 0 Å². The van der Waals surface area contributed by atoms with Gasteiger partial charge in [-0.25, -0.2) is 4.98 Å². The first-order valence-electron chi connectivity index (χ1n) is 3.91. The van der Waals surface area contributed by atoms with Crippen LogP contribution in [0.2, 0.25) is 0 Å². The molecule has 0 aromatic carbocycles. The summed E-state index contributed by atoms with van der Waals surface area (Å²) in [6.45, 7) is 4.15. The number of anilines is 1. The second-order valence-corrected chi connectivity index (χ2v) is 4.20. The predicted octanol–water partition coefficient (Wildman–Crippen LogP) is 1.66. The van der Waals surface area contributed by atoms with E-state index in [1.54, 1.807) is 11.3 Å². The third kappa shape index (κ3) is 1.76. The molecule has 0 fully saturated rings. The molecule has 0 aliphatic rings. The quantitative estimate of drug-likeness (QED) is 0.762. The average Bonchev–Trinajstić information content (AvgIpc) is 2.28. The van der Waals surface area contributed by atoms with Crippen molar-refractivity contribution in [2.45, 2.75) is 19.9 Å². The summed E-state index contributed by atoms with van der Waals surface area (Å²) >= 11 is 1.58. The fraction of sp³-hybridized carbons (Fsp3) is 0.625. The Bertz CT molecular complexity index is 267. The molecule has 0 aliphatic carbocycles. The molecule has 0 radical (unpaired) electrons. The maximum Gasteiger partial charge on any atom is 0.180 e. The number of nitrogens with two attached hydrogens (primary N) is 1. The van der Waals surface area contributed by atoms with E-state index < -0.39 is 0 Å². The van der Waals surface area contributed by atoms with E-state index in [1.807, 2.05) is 6.92 Å². The Morgan fingerprint density at radius 1 is 1.50 bits per heavy atom. The summed E-state index contributed by atoms with van der Waals surface area (Å²) < 4.78 is 0. The Hall–Kier alpha value is -0.610. The lowest BCUT2D eigenvalue weighted by Gasteiger charge is -2.18. The molecule has 0 saturated heterocycles. The summed E-state index contributed by atoms with van der Waals surface area (Å²) in [4.78, 5) is 7.60. The molecule has 0 spiro atoms. The van der Waals surface area contributed by atoms with Crippen molar-refractivity contribution in [3.63, 3.8) is 0 Å². The monoisotopic (exact) mass is 185 g/mol. The van der Waals surface area contributed by atoms with Gasteiger partial charge in [0.15, 0.2) is 5.13 Å². The Kier molecular flexibility index (Phi) is 2.69. The van der Waals surface area contributed by atoms with Crippen molar-refractivity contribution in [1.29, 1.82) is 0 Å². The number of thiazole rings is 1. The van der Waals surface area contributed by atoms with E-state index in [2.05, 4.69) is 30.9 Å².